The molecule has 3 amide bonds. The quantitative estimate of drug-likeness (QED) is 0.894. The van der Waals surface area contributed by atoms with E-state index in [2.05, 4.69) is 17.3 Å². The Labute approximate surface area is 143 Å². The van der Waals surface area contributed by atoms with Crippen LogP contribution >= 0.6 is 0 Å². The Morgan fingerprint density at radius 1 is 1.17 bits per heavy atom. The molecule has 0 aromatic carbocycles. The van der Waals surface area contributed by atoms with Gasteiger partial charge in [-0.3, -0.25) is 9.48 Å². The van der Waals surface area contributed by atoms with Crippen LogP contribution < -0.4 is 5.32 Å². The fourth-order valence-electron chi connectivity index (χ4n) is 3.59. The minimum atomic E-state index is -0.0856. The molecule has 24 heavy (non-hydrogen) atoms. The van der Waals surface area contributed by atoms with E-state index in [-0.39, 0.29) is 18.0 Å². The third kappa shape index (κ3) is 3.71. The third-order valence-electron chi connectivity index (χ3n) is 5.12. The molecule has 1 atom stereocenters. The van der Waals surface area contributed by atoms with Gasteiger partial charge >= 0.3 is 6.03 Å². The predicted molar refractivity (Wildman–Crippen MR) is 90.7 cm³/mol. The molecule has 0 radical (unpaired) electrons. The number of carbonyl (C=O) groups excluding carboxylic acids is 2. The van der Waals surface area contributed by atoms with Crippen LogP contribution in [0.2, 0.25) is 0 Å². The molecule has 1 aromatic rings. The molecular weight excluding hydrogens is 306 g/mol. The molecule has 132 valence electrons. The molecular formula is C17H27N5O2. The van der Waals surface area contributed by atoms with Crippen LogP contribution in [-0.4, -0.2) is 63.2 Å². The molecule has 2 saturated heterocycles. The highest BCUT2D eigenvalue weighted by Crippen LogP contribution is 2.20. The number of aryl methyl sites for hydroxylation is 1. The van der Waals surface area contributed by atoms with Crippen LogP contribution in [0, 0.1) is 0 Å². The van der Waals surface area contributed by atoms with Gasteiger partial charge in [-0.15, -0.1) is 0 Å². The van der Waals surface area contributed by atoms with Gasteiger partial charge in [-0.25, -0.2) is 4.79 Å². The minimum absolute atomic E-state index is 0.0856. The number of rotatable bonds is 2. The highest BCUT2D eigenvalue weighted by molar-refractivity contribution is 5.93. The number of aromatic nitrogens is 2. The molecule has 0 bridgehead atoms. The van der Waals surface area contributed by atoms with Crippen molar-refractivity contribution in [1.82, 2.24) is 24.9 Å². The first-order valence-corrected chi connectivity index (χ1v) is 8.89. The number of likely N-dealkylation sites (tertiary alicyclic amines) is 2. The maximum atomic E-state index is 12.7. The molecule has 0 spiro atoms. The smallest absolute Gasteiger partial charge is 0.320 e. The minimum Gasteiger partial charge on any atom is -0.349 e. The number of nitrogens with zero attached hydrogens (tertiary/aromatic N) is 4. The summed E-state index contributed by atoms with van der Waals surface area (Å²) in [6.45, 7) is 4.43. The van der Waals surface area contributed by atoms with E-state index in [4.69, 9.17) is 0 Å². The van der Waals surface area contributed by atoms with Gasteiger partial charge < -0.3 is 15.1 Å². The van der Waals surface area contributed by atoms with Crippen LogP contribution in [0.5, 0.6) is 0 Å². The number of hydrogen-bond donors (Lipinski definition) is 1. The number of nitrogens with one attached hydrogen (secondary N) is 1. The van der Waals surface area contributed by atoms with E-state index >= 15 is 0 Å². The second kappa shape index (κ2) is 7.23. The normalized spacial score (nSPS) is 22.5. The molecule has 7 nitrogen and oxygen atoms in total. The average Bonchev–Trinajstić information content (AvgIpc) is 3.02. The zero-order chi connectivity index (χ0) is 17.1. The van der Waals surface area contributed by atoms with Gasteiger partial charge in [0.05, 0.1) is 11.8 Å². The lowest BCUT2D eigenvalue weighted by Crippen LogP contribution is -2.53. The molecule has 2 aliphatic heterocycles. The second-order valence-electron chi connectivity index (χ2n) is 6.96. The van der Waals surface area contributed by atoms with E-state index in [0.717, 1.165) is 32.2 Å². The number of piperidine rings is 2. The van der Waals surface area contributed by atoms with Crippen molar-refractivity contribution < 1.29 is 9.59 Å². The monoisotopic (exact) mass is 333 g/mol. The van der Waals surface area contributed by atoms with Gasteiger partial charge in [-0.2, -0.15) is 5.10 Å². The maximum absolute atomic E-state index is 12.7. The highest BCUT2D eigenvalue weighted by Gasteiger charge is 2.30. The summed E-state index contributed by atoms with van der Waals surface area (Å²) < 4.78 is 1.62. The van der Waals surface area contributed by atoms with Crippen molar-refractivity contribution in [2.75, 3.05) is 19.6 Å². The van der Waals surface area contributed by atoms with Gasteiger partial charge in [-0.1, -0.05) is 0 Å². The molecule has 1 unspecified atom stereocenters. The van der Waals surface area contributed by atoms with Gasteiger partial charge in [0, 0.05) is 45.0 Å². The molecule has 2 fully saturated rings. The van der Waals surface area contributed by atoms with Crippen molar-refractivity contribution in [3.8, 4) is 0 Å². The number of urea groups is 1. The molecule has 2 aliphatic rings. The Morgan fingerprint density at radius 3 is 2.54 bits per heavy atom. The second-order valence-corrected chi connectivity index (χ2v) is 6.96. The lowest BCUT2D eigenvalue weighted by molar-refractivity contribution is 0.0895. The van der Waals surface area contributed by atoms with Crippen molar-refractivity contribution >= 4 is 11.9 Å². The molecule has 1 aromatic heterocycles. The van der Waals surface area contributed by atoms with Crippen molar-refractivity contribution in [2.24, 2.45) is 7.05 Å². The Balaban J connectivity index is 1.48. The van der Waals surface area contributed by atoms with Crippen LogP contribution in [0.3, 0.4) is 0 Å². The molecule has 3 rings (SSSR count). The fraction of sp³-hybridized carbons (Fsp3) is 0.706. The first kappa shape index (κ1) is 16.8. The van der Waals surface area contributed by atoms with Crippen LogP contribution in [0.1, 0.15) is 49.4 Å². The van der Waals surface area contributed by atoms with E-state index in [9.17, 15) is 9.59 Å². The average molecular weight is 333 g/mol. The van der Waals surface area contributed by atoms with Gasteiger partial charge in [0.2, 0.25) is 0 Å². The highest BCUT2D eigenvalue weighted by atomic mass is 16.2. The Bertz CT molecular complexity index is 592. The van der Waals surface area contributed by atoms with Crippen molar-refractivity contribution in [3.05, 3.63) is 18.0 Å². The van der Waals surface area contributed by atoms with Crippen molar-refractivity contribution in [1.29, 1.82) is 0 Å². The van der Waals surface area contributed by atoms with E-state index in [1.54, 1.807) is 24.1 Å². The van der Waals surface area contributed by atoms with Crippen molar-refractivity contribution in [2.45, 2.75) is 51.1 Å². The number of amides is 3. The summed E-state index contributed by atoms with van der Waals surface area (Å²) in [6.07, 6.45) is 8.32. The Morgan fingerprint density at radius 2 is 1.92 bits per heavy atom. The van der Waals surface area contributed by atoms with Gasteiger partial charge in [0.25, 0.3) is 5.91 Å². The zero-order valence-electron chi connectivity index (χ0n) is 14.6. The zero-order valence-corrected chi connectivity index (χ0v) is 14.6. The van der Waals surface area contributed by atoms with E-state index < -0.39 is 0 Å². The molecule has 0 saturated carbocycles. The SMILES string of the molecule is CC1CCCCN1C(=O)N1CCC(NC(=O)c2cnn(C)c2)CC1. The lowest BCUT2D eigenvalue weighted by atomic mass is 10.0. The number of carbonyl (C=O) groups is 2. The third-order valence-corrected chi connectivity index (χ3v) is 5.12. The van der Waals surface area contributed by atoms with Crippen LogP contribution in [0.4, 0.5) is 4.79 Å². The van der Waals surface area contributed by atoms with E-state index in [1.165, 1.54) is 6.42 Å². The van der Waals surface area contributed by atoms with Gasteiger partial charge in [-0.05, 0) is 39.0 Å². The van der Waals surface area contributed by atoms with E-state index in [1.807, 2.05) is 9.80 Å². The summed E-state index contributed by atoms with van der Waals surface area (Å²) >= 11 is 0. The van der Waals surface area contributed by atoms with Crippen molar-refractivity contribution in [3.63, 3.8) is 0 Å². The van der Waals surface area contributed by atoms with Crippen LogP contribution in [0.25, 0.3) is 0 Å². The van der Waals surface area contributed by atoms with Gasteiger partial charge in [0.15, 0.2) is 0 Å². The maximum Gasteiger partial charge on any atom is 0.320 e. The standard InChI is InChI=1S/C17H27N5O2/c1-13-5-3-4-8-22(13)17(24)21-9-6-15(7-10-21)19-16(23)14-11-18-20(2)12-14/h11-13,15H,3-10H2,1-2H3,(H,19,23). The topological polar surface area (TPSA) is 70.5 Å². The van der Waals surface area contributed by atoms with Gasteiger partial charge in [0.1, 0.15) is 0 Å². The largest absolute Gasteiger partial charge is 0.349 e. The first-order chi connectivity index (χ1) is 11.5. The first-order valence-electron chi connectivity index (χ1n) is 8.89. The Hall–Kier alpha value is -2.05. The molecule has 3 heterocycles. The molecule has 1 N–H and O–H groups in total. The lowest BCUT2D eigenvalue weighted by Gasteiger charge is -2.40. The summed E-state index contributed by atoms with van der Waals surface area (Å²) in [6, 6.07) is 0.633. The number of hydrogen-bond acceptors (Lipinski definition) is 3. The summed E-state index contributed by atoms with van der Waals surface area (Å²) in [7, 11) is 1.79. The summed E-state index contributed by atoms with van der Waals surface area (Å²) in [5.41, 5.74) is 0.582. The summed E-state index contributed by atoms with van der Waals surface area (Å²) in [5.74, 6) is -0.0856. The van der Waals surface area contributed by atoms with Crippen LogP contribution in [0.15, 0.2) is 12.4 Å². The Kier molecular flexibility index (Phi) is 5.06. The van der Waals surface area contributed by atoms with Crippen LogP contribution in [-0.2, 0) is 7.05 Å². The predicted octanol–water partition coefficient (Wildman–Crippen LogP) is 1.61. The fourth-order valence-corrected chi connectivity index (χ4v) is 3.59. The summed E-state index contributed by atoms with van der Waals surface area (Å²) in [4.78, 5) is 28.8. The van der Waals surface area contributed by atoms with E-state index in [0.29, 0.717) is 24.7 Å². The molecule has 0 aliphatic carbocycles. The molecule has 7 heteroatoms. The summed E-state index contributed by atoms with van der Waals surface area (Å²) in [5, 5.41) is 7.07.